The predicted molar refractivity (Wildman–Crippen MR) is 74.3 cm³/mol. The standard InChI is InChI=1S/C14H11ClF2N2O2/c1-8(21-10-4-2-3-9(15)7-10)14(20)18-11-5-6-12(16)19-13(11)17/h2-8H,1H3,(H,18,20). The van der Waals surface area contributed by atoms with Gasteiger partial charge in [0.05, 0.1) is 5.69 Å². The zero-order valence-corrected chi connectivity index (χ0v) is 11.7. The molecule has 1 amide bonds. The minimum absolute atomic E-state index is 0.219. The van der Waals surface area contributed by atoms with Crippen molar-refractivity contribution in [2.45, 2.75) is 13.0 Å². The number of ether oxygens (including phenoxy) is 1. The van der Waals surface area contributed by atoms with E-state index < -0.39 is 23.9 Å². The molecule has 2 aromatic rings. The van der Waals surface area contributed by atoms with E-state index in [1.54, 1.807) is 24.3 Å². The molecule has 1 aromatic carbocycles. The van der Waals surface area contributed by atoms with Crippen molar-refractivity contribution in [3.63, 3.8) is 0 Å². The van der Waals surface area contributed by atoms with E-state index in [1.165, 1.54) is 6.92 Å². The third-order valence-electron chi connectivity index (χ3n) is 2.55. The summed E-state index contributed by atoms with van der Waals surface area (Å²) in [6.07, 6.45) is -0.895. The maximum Gasteiger partial charge on any atom is 0.265 e. The van der Waals surface area contributed by atoms with E-state index in [-0.39, 0.29) is 5.69 Å². The second-order valence-electron chi connectivity index (χ2n) is 4.18. The molecule has 0 aliphatic heterocycles. The Morgan fingerprint density at radius 2 is 2.10 bits per heavy atom. The van der Waals surface area contributed by atoms with Gasteiger partial charge in [0.15, 0.2) is 6.10 Å². The zero-order valence-electron chi connectivity index (χ0n) is 10.9. The maximum absolute atomic E-state index is 13.3. The molecular formula is C14H11ClF2N2O2. The minimum Gasteiger partial charge on any atom is -0.481 e. The fraction of sp³-hybridized carbons (Fsp3) is 0.143. The number of carbonyl (C=O) groups is 1. The Labute approximate surface area is 124 Å². The molecule has 1 heterocycles. The van der Waals surface area contributed by atoms with Gasteiger partial charge in [0, 0.05) is 5.02 Å². The van der Waals surface area contributed by atoms with Crippen molar-refractivity contribution in [1.29, 1.82) is 0 Å². The number of aromatic nitrogens is 1. The second-order valence-corrected chi connectivity index (χ2v) is 4.62. The molecule has 0 saturated heterocycles. The molecule has 7 heteroatoms. The second kappa shape index (κ2) is 6.49. The highest BCUT2D eigenvalue weighted by atomic mass is 35.5. The first-order valence-electron chi connectivity index (χ1n) is 6.01. The van der Waals surface area contributed by atoms with Crippen molar-refractivity contribution in [1.82, 2.24) is 4.98 Å². The molecule has 0 spiro atoms. The van der Waals surface area contributed by atoms with Gasteiger partial charge in [0.25, 0.3) is 5.91 Å². The van der Waals surface area contributed by atoms with E-state index in [1.807, 2.05) is 0 Å². The summed E-state index contributed by atoms with van der Waals surface area (Å²) in [6.45, 7) is 1.49. The summed E-state index contributed by atoms with van der Waals surface area (Å²) in [4.78, 5) is 14.9. The highest BCUT2D eigenvalue weighted by Crippen LogP contribution is 2.19. The van der Waals surface area contributed by atoms with Crippen LogP contribution < -0.4 is 10.1 Å². The number of rotatable bonds is 4. The van der Waals surface area contributed by atoms with Crippen molar-refractivity contribution in [3.8, 4) is 5.75 Å². The summed E-state index contributed by atoms with van der Waals surface area (Å²) in [5.41, 5.74) is -0.219. The lowest BCUT2D eigenvalue weighted by Crippen LogP contribution is -2.30. The van der Waals surface area contributed by atoms with Crippen molar-refractivity contribution < 1.29 is 18.3 Å². The molecule has 0 aliphatic carbocycles. The lowest BCUT2D eigenvalue weighted by molar-refractivity contribution is -0.122. The van der Waals surface area contributed by atoms with E-state index >= 15 is 0 Å². The molecule has 1 aromatic heterocycles. The Morgan fingerprint density at radius 1 is 1.33 bits per heavy atom. The number of benzene rings is 1. The molecule has 1 N–H and O–H groups in total. The Morgan fingerprint density at radius 3 is 2.76 bits per heavy atom. The number of hydrogen-bond donors (Lipinski definition) is 1. The predicted octanol–water partition coefficient (Wildman–Crippen LogP) is 3.42. The van der Waals surface area contributed by atoms with Crippen LogP contribution in [0.1, 0.15) is 6.92 Å². The molecule has 0 aliphatic rings. The van der Waals surface area contributed by atoms with Gasteiger partial charge in [-0.05, 0) is 37.3 Å². The number of amides is 1. The van der Waals surface area contributed by atoms with E-state index in [0.29, 0.717) is 10.8 Å². The zero-order chi connectivity index (χ0) is 15.4. The topological polar surface area (TPSA) is 51.2 Å². The van der Waals surface area contributed by atoms with Crippen LogP contribution in [0.2, 0.25) is 5.02 Å². The number of nitrogens with zero attached hydrogens (tertiary/aromatic N) is 1. The van der Waals surface area contributed by atoms with Gasteiger partial charge in [-0.1, -0.05) is 17.7 Å². The largest absolute Gasteiger partial charge is 0.481 e. The van der Waals surface area contributed by atoms with Crippen LogP contribution in [0.15, 0.2) is 36.4 Å². The van der Waals surface area contributed by atoms with Gasteiger partial charge in [0.2, 0.25) is 11.9 Å². The van der Waals surface area contributed by atoms with Crippen LogP contribution in [0.3, 0.4) is 0 Å². The first kappa shape index (κ1) is 15.2. The van der Waals surface area contributed by atoms with Crippen molar-refractivity contribution in [2.75, 3.05) is 5.32 Å². The van der Waals surface area contributed by atoms with Crippen molar-refractivity contribution in [3.05, 3.63) is 53.3 Å². The van der Waals surface area contributed by atoms with Crippen LogP contribution in [-0.4, -0.2) is 17.0 Å². The highest BCUT2D eigenvalue weighted by molar-refractivity contribution is 6.30. The first-order chi connectivity index (χ1) is 9.95. The van der Waals surface area contributed by atoms with Gasteiger partial charge >= 0.3 is 0 Å². The summed E-state index contributed by atoms with van der Waals surface area (Å²) in [5, 5.41) is 2.74. The number of carbonyl (C=O) groups excluding carboxylic acids is 1. The molecule has 0 bridgehead atoms. The van der Waals surface area contributed by atoms with Crippen LogP contribution >= 0.6 is 11.6 Å². The summed E-state index contributed by atoms with van der Waals surface area (Å²) in [5.74, 6) is -2.25. The monoisotopic (exact) mass is 312 g/mol. The first-order valence-corrected chi connectivity index (χ1v) is 6.38. The lowest BCUT2D eigenvalue weighted by atomic mass is 10.3. The SMILES string of the molecule is CC(Oc1cccc(Cl)c1)C(=O)Nc1ccc(F)nc1F. The summed E-state index contributed by atoms with van der Waals surface area (Å²) in [7, 11) is 0. The smallest absolute Gasteiger partial charge is 0.265 e. The normalized spacial score (nSPS) is 11.8. The Hall–Kier alpha value is -2.21. The summed E-state index contributed by atoms with van der Waals surface area (Å²) in [6, 6.07) is 8.55. The molecule has 0 fully saturated rings. The number of pyridine rings is 1. The number of anilines is 1. The van der Waals surface area contributed by atoms with Crippen molar-refractivity contribution >= 4 is 23.2 Å². The van der Waals surface area contributed by atoms with Crippen LogP contribution in [0.5, 0.6) is 5.75 Å². The molecule has 110 valence electrons. The maximum atomic E-state index is 13.3. The average molecular weight is 313 g/mol. The Balaban J connectivity index is 2.02. The van der Waals surface area contributed by atoms with Gasteiger partial charge < -0.3 is 10.1 Å². The average Bonchev–Trinajstić information content (AvgIpc) is 2.41. The van der Waals surface area contributed by atoms with E-state index in [2.05, 4.69) is 10.3 Å². The third-order valence-corrected chi connectivity index (χ3v) is 2.79. The Bertz CT molecular complexity index is 667. The van der Waals surface area contributed by atoms with E-state index in [4.69, 9.17) is 16.3 Å². The highest BCUT2D eigenvalue weighted by Gasteiger charge is 2.17. The lowest BCUT2D eigenvalue weighted by Gasteiger charge is -2.15. The number of halogens is 3. The minimum atomic E-state index is -1.10. The van der Waals surface area contributed by atoms with Gasteiger partial charge in [-0.2, -0.15) is 13.8 Å². The molecule has 2 rings (SSSR count). The summed E-state index contributed by atoms with van der Waals surface area (Å²) < 4.78 is 31.4. The van der Waals surface area contributed by atoms with Gasteiger partial charge in [-0.3, -0.25) is 4.79 Å². The van der Waals surface area contributed by atoms with Crippen LogP contribution in [0.25, 0.3) is 0 Å². The quantitative estimate of drug-likeness (QED) is 0.880. The molecule has 1 unspecified atom stereocenters. The van der Waals surface area contributed by atoms with Gasteiger partial charge in [-0.25, -0.2) is 0 Å². The fourth-order valence-electron chi connectivity index (χ4n) is 1.54. The molecule has 0 saturated carbocycles. The number of hydrogen-bond acceptors (Lipinski definition) is 3. The number of nitrogens with one attached hydrogen (secondary N) is 1. The molecular weight excluding hydrogens is 302 g/mol. The molecule has 4 nitrogen and oxygen atoms in total. The Kier molecular flexibility index (Phi) is 4.70. The van der Waals surface area contributed by atoms with Gasteiger partial charge in [-0.15, -0.1) is 0 Å². The third kappa shape index (κ3) is 4.13. The van der Waals surface area contributed by atoms with E-state index in [9.17, 15) is 13.6 Å². The molecule has 1 atom stereocenters. The molecule has 21 heavy (non-hydrogen) atoms. The molecule has 0 radical (unpaired) electrons. The van der Waals surface area contributed by atoms with Crippen LogP contribution in [-0.2, 0) is 4.79 Å². The van der Waals surface area contributed by atoms with Crippen molar-refractivity contribution in [2.24, 2.45) is 0 Å². The van der Waals surface area contributed by atoms with Crippen LogP contribution in [0.4, 0.5) is 14.5 Å². The van der Waals surface area contributed by atoms with Crippen LogP contribution in [0, 0.1) is 11.9 Å². The fourth-order valence-corrected chi connectivity index (χ4v) is 1.72. The summed E-state index contributed by atoms with van der Waals surface area (Å²) >= 11 is 5.80. The van der Waals surface area contributed by atoms with E-state index in [0.717, 1.165) is 12.1 Å². The van der Waals surface area contributed by atoms with Gasteiger partial charge in [0.1, 0.15) is 5.75 Å².